The Labute approximate surface area is 252 Å². The van der Waals surface area contributed by atoms with Crippen molar-refractivity contribution >= 4 is 28.8 Å². The van der Waals surface area contributed by atoms with Gasteiger partial charge in [0.1, 0.15) is 8.07 Å². The van der Waals surface area contributed by atoms with Gasteiger partial charge < -0.3 is 37.2 Å². The minimum absolute atomic E-state index is 0. The van der Waals surface area contributed by atoms with Crippen LogP contribution in [-0.4, -0.2) is 8.07 Å². The SMILES string of the molecule is Cc1cc(C)cc([Si](c2ccccc2)(c2cc(C)cc(C)c2)[c-]2c(C)c(C)c(C)c2C)c1.[Cl-].[Cl-].[Cl-].[Ti+4]. The quantitative estimate of drug-likeness (QED) is 0.131. The molecule has 188 valence electrons. The second-order valence-electron chi connectivity index (χ2n) is 9.74. The largest absolute Gasteiger partial charge is 4.00 e. The Kier molecular flexibility index (Phi) is 13.1. The van der Waals surface area contributed by atoms with Crippen LogP contribution in [0.1, 0.15) is 44.5 Å². The zero-order chi connectivity index (χ0) is 23.2. The molecule has 0 radical (unpaired) electrons. The van der Waals surface area contributed by atoms with E-state index in [1.165, 1.54) is 60.1 Å². The Balaban J connectivity index is 0.00000306. The third kappa shape index (κ3) is 5.93. The molecule has 0 atom stereocenters. The molecule has 0 aliphatic rings. The zero-order valence-electron chi connectivity index (χ0n) is 22.5. The van der Waals surface area contributed by atoms with Crippen LogP contribution in [-0.2, 0) is 21.7 Å². The summed E-state index contributed by atoms with van der Waals surface area (Å²) in [7, 11) is -2.53. The molecule has 0 unspecified atom stereocenters. The van der Waals surface area contributed by atoms with Gasteiger partial charge in [-0.3, -0.25) is 0 Å². The smallest absolute Gasteiger partial charge is 1.00 e. The van der Waals surface area contributed by atoms with E-state index in [2.05, 4.69) is 122 Å². The number of rotatable bonds is 4. The van der Waals surface area contributed by atoms with Gasteiger partial charge in [-0.1, -0.05) is 132 Å². The van der Waals surface area contributed by atoms with Crippen LogP contribution in [0.3, 0.4) is 0 Å². The summed E-state index contributed by atoms with van der Waals surface area (Å²) >= 11 is 0. The summed E-state index contributed by atoms with van der Waals surface area (Å²) in [6, 6.07) is 25.8. The van der Waals surface area contributed by atoms with E-state index in [-0.39, 0.29) is 58.9 Å². The number of hydrogen-bond acceptors (Lipinski definition) is 0. The van der Waals surface area contributed by atoms with Crippen molar-refractivity contribution in [1.29, 1.82) is 0 Å². The fraction of sp³-hybridized carbons (Fsp3) is 0.258. The first-order valence-corrected chi connectivity index (χ1v) is 13.6. The fourth-order valence-electron chi connectivity index (χ4n) is 5.78. The van der Waals surface area contributed by atoms with Crippen LogP contribution in [0.25, 0.3) is 0 Å². The summed E-state index contributed by atoms with van der Waals surface area (Å²) in [5.41, 5.74) is 11.2. The molecule has 4 aromatic carbocycles. The Hall–Kier alpha value is -1.19. The van der Waals surface area contributed by atoms with Gasteiger partial charge in [0.05, 0.1) is 0 Å². The van der Waals surface area contributed by atoms with E-state index in [9.17, 15) is 0 Å². The van der Waals surface area contributed by atoms with Crippen molar-refractivity contribution in [1.82, 2.24) is 0 Å². The Morgan fingerprint density at radius 2 is 0.806 bits per heavy atom. The van der Waals surface area contributed by atoms with Gasteiger partial charge in [0.2, 0.25) is 0 Å². The van der Waals surface area contributed by atoms with Crippen LogP contribution >= 0.6 is 0 Å². The molecule has 4 rings (SSSR count). The third-order valence-corrected chi connectivity index (χ3v) is 12.3. The molecule has 0 aromatic heterocycles. The molecule has 5 heteroatoms. The Bertz CT molecular complexity index is 1190. The maximum absolute atomic E-state index is 2.53. The molecule has 0 aliphatic heterocycles. The molecule has 0 saturated carbocycles. The molecular weight excluding hydrogens is 555 g/mol. The van der Waals surface area contributed by atoms with Crippen molar-refractivity contribution in [3.63, 3.8) is 0 Å². The Morgan fingerprint density at radius 1 is 0.472 bits per heavy atom. The first kappa shape index (κ1) is 34.8. The Morgan fingerprint density at radius 3 is 1.14 bits per heavy atom. The number of hydrogen-bond donors (Lipinski definition) is 0. The predicted molar refractivity (Wildman–Crippen MR) is 144 cm³/mol. The van der Waals surface area contributed by atoms with Gasteiger partial charge in [0.25, 0.3) is 0 Å². The van der Waals surface area contributed by atoms with Gasteiger partial charge in [-0.15, -0.1) is 5.19 Å². The summed E-state index contributed by atoms with van der Waals surface area (Å²) in [4.78, 5) is 0. The second-order valence-corrected chi connectivity index (χ2v) is 13.5. The van der Waals surface area contributed by atoms with Gasteiger partial charge in [-0.05, 0) is 27.7 Å². The average Bonchev–Trinajstić information content (AvgIpc) is 2.92. The topological polar surface area (TPSA) is 0 Å². The van der Waals surface area contributed by atoms with E-state index < -0.39 is 8.07 Å². The van der Waals surface area contributed by atoms with Crippen molar-refractivity contribution in [3.05, 3.63) is 111 Å². The fourth-order valence-corrected chi connectivity index (χ4v) is 11.6. The standard InChI is InChI=1S/C31H35Si.3ClH.Ti/c1-20-14-21(2)17-29(16-20)32(28-12-10-9-11-13-28,30-18-22(3)15-23(4)19-30)31-26(7)24(5)25(6)27(31)8;;;;/h9-19H,1-8H3;3*1H;/q-1;;;;+4/p-3. The first-order chi connectivity index (χ1) is 15.2. The predicted octanol–water partition coefficient (Wildman–Crippen LogP) is -3.74. The molecule has 0 nitrogen and oxygen atoms in total. The van der Waals surface area contributed by atoms with Crippen LogP contribution in [0, 0.1) is 55.4 Å². The molecule has 0 fully saturated rings. The maximum Gasteiger partial charge on any atom is 4.00 e. The summed E-state index contributed by atoms with van der Waals surface area (Å²) in [5, 5.41) is 6.02. The van der Waals surface area contributed by atoms with E-state index in [0.29, 0.717) is 0 Å². The molecule has 0 aliphatic carbocycles. The van der Waals surface area contributed by atoms with E-state index in [0.717, 1.165) is 0 Å². The molecule has 0 spiro atoms. The van der Waals surface area contributed by atoms with Gasteiger partial charge in [0.15, 0.2) is 0 Å². The maximum atomic E-state index is 2.46. The van der Waals surface area contributed by atoms with Crippen molar-refractivity contribution in [3.8, 4) is 0 Å². The average molecular weight is 590 g/mol. The molecule has 0 N–H and O–H groups in total. The summed E-state index contributed by atoms with van der Waals surface area (Å²) < 4.78 is 0. The van der Waals surface area contributed by atoms with Crippen LogP contribution < -0.4 is 58.0 Å². The van der Waals surface area contributed by atoms with Gasteiger partial charge in [-0.25, -0.2) is 0 Å². The van der Waals surface area contributed by atoms with E-state index in [1.54, 1.807) is 5.19 Å². The second kappa shape index (κ2) is 13.6. The summed E-state index contributed by atoms with van der Waals surface area (Å²) in [5.74, 6) is 0. The summed E-state index contributed by atoms with van der Waals surface area (Å²) in [6.07, 6.45) is 0. The molecule has 0 bridgehead atoms. The molecule has 0 saturated heterocycles. The van der Waals surface area contributed by atoms with Crippen LogP contribution in [0.2, 0.25) is 0 Å². The van der Waals surface area contributed by atoms with Crippen LogP contribution in [0.4, 0.5) is 0 Å². The minimum Gasteiger partial charge on any atom is -1.00 e. The minimum atomic E-state index is -2.53. The number of halogens is 3. The van der Waals surface area contributed by atoms with E-state index in [1.807, 2.05) is 0 Å². The zero-order valence-corrected chi connectivity index (χ0v) is 27.3. The molecule has 0 amide bonds. The van der Waals surface area contributed by atoms with Crippen molar-refractivity contribution in [2.24, 2.45) is 0 Å². The molecule has 4 aromatic rings. The monoisotopic (exact) mass is 588 g/mol. The van der Waals surface area contributed by atoms with Crippen molar-refractivity contribution < 1.29 is 58.9 Å². The van der Waals surface area contributed by atoms with Crippen LogP contribution in [0.15, 0.2) is 66.7 Å². The molecule has 0 heterocycles. The van der Waals surface area contributed by atoms with Crippen molar-refractivity contribution in [2.45, 2.75) is 55.4 Å². The molecule has 36 heavy (non-hydrogen) atoms. The summed E-state index contributed by atoms with van der Waals surface area (Å²) in [6.45, 7) is 18.3. The van der Waals surface area contributed by atoms with Crippen LogP contribution in [0.5, 0.6) is 0 Å². The number of benzene rings is 3. The van der Waals surface area contributed by atoms with Gasteiger partial charge in [-0.2, -0.15) is 22.3 Å². The third-order valence-electron chi connectivity index (χ3n) is 7.33. The van der Waals surface area contributed by atoms with Gasteiger partial charge >= 0.3 is 21.7 Å². The number of aryl methyl sites for hydroxylation is 4. The first-order valence-electron chi connectivity index (χ1n) is 11.6. The van der Waals surface area contributed by atoms with Crippen molar-refractivity contribution in [2.75, 3.05) is 0 Å². The molecular formula is C31H35Cl3SiTi. The van der Waals surface area contributed by atoms with Gasteiger partial charge in [0, 0.05) is 0 Å². The normalized spacial score (nSPS) is 10.4. The van der Waals surface area contributed by atoms with E-state index >= 15 is 0 Å². The van der Waals surface area contributed by atoms with E-state index in [4.69, 9.17) is 0 Å².